The van der Waals surface area contributed by atoms with Crippen molar-refractivity contribution >= 4 is 17.0 Å². The normalized spacial score (nSPS) is 9.94. The first kappa shape index (κ1) is 11.5. The molecular formula is C13H12N2OS. The molecule has 4 heteroatoms. The summed E-state index contributed by atoms with van der Waals surface area (Å²) >= 11 is 1.38. The predicted octanol–water partition coefficient (Wildman–Crippen LogP) is 3.19. The van der Waals surface area contributed by atoms with Crippen LogP contribution in [0.1, 0.15) is 10.4 Å². The molecular weight excluding hydrogens is 232 g/mol. The molecule has 0 spiro atoms. The highest BCUT2D eigenvalue weighted by atomic mass is 32.1. The number of thiophene rings is 1. The van der Waals surface area contributed by atoms with Gasteiger partial charge >= 0.3 is 0 Å². The Kier molecular flexibility index (Phi) is 3.03. The molecule has 3 nitrogen and oxygen atoms in total. The number of nitrogens with zero attached hydrogens (tertiary/aromatic N) is 1. The Morgan fingerprint density at radius 1 is 1.35 bits per heavy atom. The zero-order chi connectivity index (χ0) is 12.4. The van der Waals surface area contributed by atoms with Gasteiger partial charge in [0.2, 0.25) is 0 Å². The van der Waals surface area contributed by atoms with Crippen molar-refractivity contribution in [1.82, 2.24) is 0 Å². The van der Waals surface area contributed by atoms with Crippen LogP contribution in [0.25, 0.3) is 10.4 Å². The second-order valence-electron chi connectivity index (χ2n) is 3.71. The predicted molar refractivity (Wildman–Crippen MR) is 70.2 cm³/mol. The fourth-order valence-electron chi connectivity index (χ4n) is 1.64. The molecule has 0 unspecified atom stereocenters. The molecule has 17 heavy (non-hydrogen) atoms. The summed E-state index contributed by atoms with van der Waals surface area (Å²) in [6, 6.07) is 9.86. The Balaban J connectivity index is 2.59. The lowest BCUT2D eigenvalue weighted by Crippen LogP contribution is -1.87. The van der Waals surface area contributed by atoms with Crippen LogP contribution in [-0.2, 0) is 0 Å². The van der Waals surface area contributed by atoms with E-state index in [0.717, 1.165) is 21.8 Å². The number of hydrogen-bond donors (Lipinski definition) is 1. The summed E-state index contributed by atoms with van der Waals surface area (Å²) in [4.78, 5) is 1.50. The highest BCUT2D eigenvalue weighted by molar-refractivity contribution is 7.16. The SMILES string of the molecule is COc1ccc(C)cc1-c1cc(N)c(C#N)s1. The molecule has 0 amide bonds. The lowest BCUT2D eigenvalue weighted by molar-refractivity contribution is 0.416. The summed E-state index contributed by atoms with van der Waals surface area (Å²) in [5.41, 5.74) is 8.41. The molecule has 0 saturated heterocycles. The van der Waals surface area contributed by atoms with Gasteiger partial charge in [0.25, 0.3) is 0 Å². The van der Waals surface area contributed by atoms with Gasteiger partial charge in [-0.2, -0.15) is 5.26 Å². The maximum Gasteiger partial charge on any atom is 0.128 e. The average Bonchev–Trinajstić information content (AvgIpc) is 2.70. The largest absolute Gasteiger partial charge is 0.496 e. The minimum absolute atomic E-state index is 0.524. The van der Waals surface area contributed by atoms with Gasteiger partial charge in [-0.15, -0.1) is 11.3 Å². The van der Waals surface area contributed by atoms with Crippen LogP contribution < -0.4 is 10.5 Å². The van der Waals surface area contributed by atoms with Crippen LogP contribution in [-0.4, -0.2) is 7.11 Å². The molecule has 1 heterocycles. The van der Waals surface area contributed by atoms with Crippen LogP contribution in [0.4, 0.5) is 5.69 Å². The van der Waals surface area contributed by atoms with E-state index in [4.69, 9.17) is 15.7 Å². The topological polar surface area (TPSA) is 59.0 Å². The fourth-order valence-corrected chi connectivity index (χ4v) is 2.54. The van der Waals surface area contributed by atoms with Gasteiger partial charge in [0.15, 0.2) is 0 Å². The lowest BCUT2D eigenvalue weighted by atomic mass is 10.1. The summed E-state index contributed by atoms with van der Waals surface area (Å²) in [5, 5.41) is 8.91. The number of methoxy groups -OCH3 is 1. The summed E-state index contributed by atoms with van der Waals surface area (Å²) < 4.78 is 5.32. The van der Waals surface area contributed by atoms with Crippen molar-refractivity contribution in [1.29, 1.82) is 5.26 Å². The second kappa shape index (κ2) is 4.48. The van der Waals surface area contributed by atoms with E-state index >= 15 is 0 Å². The number of benzene rings is 1. The zero-order valence-corrected chi connectivity index (χ0v) is 10.5. The molecule has 0 atom stereocenters. The highest BCUT2D eigenvalue weighted by Crippen LogP contribution is 2.38. The minimum atomic E-state index is 0.524. The van der Waals surface area contributed by atoms with Crippen molar-refractivity contribution in [2.75, 3.05) is 12.8 Å². The average molecular weight is 244 g/mol. The van der Waals surface area contributed by atoms with E-state index in [1.807, 2.05) is 31.2 Å². The van der Waals surface area contributed by atoms with E-state index in [1.165, 1.54) is 11.3 Å². The van der Waals surface area contributed by atoms with Crippen LogP contribution in [0, 0.1) is 18.3 Å². The molecule has 2 N–H and O–H groups in total. The Morgan fingerprint density at radius 3 is 2.71 bits per heavy atom. The smallest absolute Gasteiger partial charge is 0.128 e. The van der Waals surface area contributed by atoms with Crippen LogP contribution in [0.2, 0.25) is 0 Å². The van der Waals surface area contributed by atoms with Crippen molar-refractivity contribution in [3.8, 4) is 22.3 Å². The van der Waals surface area contributed by atoms with Gasteiger partial charge in [0, 0.05) is 10.4 Å². The van der Waals surface area contributed by atoms with E-state index in [0.29, 0.717) is 10.6 Å². The maximum absolute atomic E-state index is 8.91. The highest BCUT2D eigenvalue weighted by Gasteiger charge is 2.11. The van der Waals surface area contributed by atoms with E-state index in [2.05, 4.69) is 6.07 Å². The zero-order valence-electron chi connectivity index (χ0n) is 9.65. The standard InChI is InChI=1S/C13H12N2OS/c1-8-3-4-11(16-2)9(5-8)12-6-10(15)13(7-14)17-12/h3-6H,15H2,1-2H3. The Bertz CT molecular complexity index is 596. The molecule has 1 aromatic heterocycles. The van der Waals surface area contributed by atoms with Gasteiger partial charge in [-0.1, -0.05) is 11.6 Å². The van der Waals surface area contributed by atoms with E-state index < -0.39 is 0 Å². The first-order chi connectivity index (χ1) is 8.15. The molecule has 0 aliphatic carbocycles. The van der Waals surface area contributed by atoms with Gasteiger partial charge in [0.05, 0.1) is 12.8 Å². The van der Waals surface area contributed by atoms with Gasteiger partial charge in [0.1, 0.15) is 16.7 Å². The molecule has 0 aliphatic rings. The van der Waals surface area contributed by atoms with Crippen molar-refractivity contribution in [2.24, 2.45) is 0 Å². The first-order valence-electron chi connectivity index (χ1n) is 5.10. The van der Waals surface area contributed by atoms with E-state index in [9.17, 15) is 0 Å². The maximum atomic E-state index is 8.91. The van der Waals surface area contributed by atoms with Crippen LogP contribution in [0.15, 0.2) is 24.3 Å². The first-order valence-corrected chi connectivity index (χ1v) is 5.91. The van der Waals surface area contributed by atoms with Crippen molar-refractivity contribution < 1.29 is 4.74 Å². The molecule has 0 fully saturated rings. The number of nitriles is 1. The van der Waals surface area contributed by atoms with Gasteiger partial charge in [-0.3, -0.25) is 0 Å². The van der Waals surface area contributed by atoms with Crippen LogP contribution >= 0.6 is 11.3 Å². The molecule has 1 aromatic carbocycles. The monoisotopic (exact) mass is 244 g/mol. The number of nitrogen functional groups attached to an aromatic ring is 1. The third-order valence-electron chi connectivity index (χ3n) is 2.48. The summed E-state index contributed by atoms with van der Waals surface area (Å²) in [6.07, 6.45) is 0. The van der Waals surface area contributed by atoms with E-state index in [1.54, 1.807) is 7.11 Å². The van der Waals surface area contributed by atoms with Gasteiger partial charge in [-0.05, 0) is 25.1 Å². The molecule has 0 aliphatic heterocycles. The second-order valence-corrected chi connectivity index (χ2v) is 4.76. The quantitative estimate of drug-likeness (QED) is 0.882. The Labute approximate surface area is 104 Å². The summed E-state index contributed by atoms with van der Waals surface area (Å²) in [6.45, 7) is 2.02. The molecule has 86 valence electrons. The van der Waals surface area contributed by atoms with Crippen LogP contribution in [0.5, 0.6) is 5.75 Å². The fraction of sp³-hybridized carbons (Fsp3) is 0.154. The van der Waals surface area contributed by atoms with Crippen LogP contribution in [0.3, 0.4) is 0 Å². The van der Waals surface area contributed by atoms with Crippen molar-refractivity contribution in [2.45, 2.75) is 6.92 Å². The third-order valence-corrected chi connectivity index (χ3v) is 3.57. The van der Waals surface area contributed by atoms with Crippen molar-refractivity contribution in [3.63, 3.8) is 0 Å². The number of hydrogen-bond acceptors (Lipinski definition) is 4. The molecule has 0 bridgehead atoms. The van der Waals surface area contributed by atoms with Gasteiger partial charge in [-0.25, -0.2) is 0 Å². The lowest BCUT2D eigenvalue weighted by Gasteiger charge is -2.07. The summed E-state index contributed by atoms with van der Waals surface area (Å²) in [7, 11) is 1.64. The Hall–Kier alpha value is -1.99. The number of rotatable bonds is 2. The Morgan fingerprint density at radius 2 is 2.12 bits per heavy atom. The number of nitrogens with two attached hydrogens (primary N) is 1. The number of anilines is 1. The number of ether oxygens (including phenoxy) is 1. The molecule has 0 saturated carbocycles. The van der Waals surface area contributed by atoms with E-state index in [-0.39, 0.29) is 0 Å². The van der Waals surface area contributed by atoms with Crippen molar-refractivity contribution in [3.05, 3.63) is 34.7 Å². The number of aryl methyl sites for hydroxylation is 1. The molecule has 2 aromatic rings. The molecule has 2 rings (SSSR count). The van der Waals surface area contributed by atoms with Gasteiger partial charge < -0.3 is 10.5 Å². The summed E-state index contributed by atoms with van der Waals surface area (Å²) in [5.74, 6) is 0.793. The minimum Gasteiger partial charge on any atom is -0.496 e. The molecule has 0 radical (unpaired) electrons. The third kappa shape index (κ3) is 2.10.